The third-order valence-corrected chi connectivity index (χ3v) is 5.95. The quantitative estimate of drug-likeness (QED) is 0.306. The molecule has 2 aromatic heterocycles. The van der Waals surface area contributed by atoms with Crippen molar-refractivity contribution in [1.29, 1.82) is 0 Å². The number of rotatable bonds is 10. The Balaban J connectivity index is 1.44. The van der Waals surface area contributed by atoms with Crippen molar-refractivity contribution in [3.05, 3.63) is 66.4 Å². The highest BCUT2D eigenvalue weighted by atomic mass is 16.5. The van der Waals surface area contributed by atoms with Crippen molar-refractivity contribution in [2.24, 2.45) is 0 Å². The van der Waals surface area contributed by atoms with Crippen LogP contribution in [0.25, 0.3) is 22.4 Å². The van der Waals surface area contributed by atoms with E-state index in [4.69, 9.17) is 14.2 Å². The molecule has 4 rings (SSSR count). The molecule has 1 atom stereocenters. The van der Waals surface area contributed by atoms with Crippen LogP contribution in [0.2, 0.25) is 0 Å². The van der Waals surface area contributed by atoms with Crippen molar-refractivity contribution in [2.45, 2.75) is 32.2 Å². The van der Waals surface area contributed by atoms with Gasteiger partial charge < -0.3 is 19.5 Å². The first-order valence-corrected chi connectivity index (χ1v) is 12.1. The van der Waals surface area contributed by atoms with Gasteiger partial charge in [-0.15, -0.1) is 0 Å². The predicted octanol–water partition coefficient (Wildman–Crippen LogP) is 5.25. The Bertz CT molecular complexity index is 1360. The summed E-state index contributed by atoms with van der Waals surface area (Å²) in [7, 11) is 4.66. The van der Waals surface area contributed by atoms with Gasteiger partial charge in [-0.05, 0) is 56.0 Å². The van der Waals surface area contributed by atoms with Crippen LogP contribution < -0.4 is 24.8 Å². The molecule has 0 saturated heterocycles. The van der Waals surface area contributed by atoms with Crippen molar-refractivity contribution >= 4 is 23.0 Å². The first-order valence-electron chi connectivity index (χ1n) is 12.1. The predicted molar refractivity (Wildman–Crippen MR) is 143 cm³/mol. The molecule has 9 heteroatoms. The molecule has 2 N–H and O–H groups in total. The number of nitrogens with zero attached hydrogens (tertiary/aromatic N) is 3. The molecule has 0 radical (unpaired) electrons. The van der Waals surface area contributed by atoms with E-state index in [0.717, 1.165) is 19.3 Å². The molecule has 0 aliphatic carbocycles. The van der Waals surface area contributed by atoms with Gasteiger partial charge in [-0.25, -0.2) is 14.8 Å². The molecule has 37 heavy (non-hydrogen) atoms. The number of aromatic nitrogens is 3. The second-order valence-corrected chi connectivity index (χ2v) is 8.55. The van der Waals surface area contributed by atoms with E-state index in [1.807, 2.05) is 31.2 Å². The zero-order valence-corrected chi connectivity index (χ0v) is 21.4. The van der Waals surface area contributed by atoms with Crippen LogP contribution in [-0.2, 0) is 6.42 Å². The van der Waals surface area contributed by atoms with E-state index in [-0.39, 0.29) is 12.1 Å². The van der Waals surface area contributed by atoms with E-state index >= 15 is 0 Å². The molecule has 4 aromatic rings. The molecule has 2 heterocycles. The molecule has 0 fully saturated rings. The van der Waals surface area contributed by atoms with E-state index in [1.54, 1.807) is 45.7 Å². The number of methoxy groups -OCH3 is 3. The van der Waals surface area contributed by atoms with Crippen molar-refractivity contribution < 1.29 is 19.0 Å². The summed E-state index contributed by atoms with van der Waals surface area (Å²) in [6, 6.07) is 17.1. The number of ether oxygens (including phenoxy) is 3. The van der Waals surface area contributed by atoms with Crippen molar-refractivity contribution in [1.82, 2.24) is 20.3 Å². The van der Waals surface area contributed by atoms with Gasteiger partial charge in [-0.1, -0.05) is 30.3 Å². The van der Waals surface area contributed by atoms with Crippen LogP contribution in [0.5, 0.6) is 17.2 Å². The number of urea groups is 1. The van der Waals surface area contributed by atoms with Gasteiger partial charge in [0.25, 0.3) is 0 Å². The number of hydrogen-bond donors (Lipinski definition) is 2. The van der Waals surface area contributed by atoms with Crippen molar-refractivity contribution in [3.8, 4) is 28.5 Å². The number of carbonyl (C=O) groups is 1. The van der Waals surface area contributed by atoms with E-state index < -0.39 is 0 Å². The van der Waals surface area contributed by atoms with Crippen LogP contribution in [0.15, 0.2) is 60.8 Å². The molecule has 0 saturated carbocycles. The highest BCUT2D eigenvalue weighted by Gasteiger charge is 2.19. The van der Waals surface area contributed by atoms with Gasteiger partial charge in [0.15, 0.2) is 17.1 Å². The van der Waals surface area contributed by atoms with Crippen LogP contribution in [-0.4, -0.2) is 48.4 Å². The van der Waals surface area contributed by atoms with Crippen LogP contribution >= 0.6 is 0 Å². The molecule has 1 unspecified atom stereocenters. The number of pyridine rings is 1. The summed E-state index contributed by atoms with van der Waals surface area (Å²) in [5, 5.41) is 5.77. The molecular weight excluding hydrogens is 470 g/mol. The minimum atomic E-state index is -0.315. The lowest BCUT2D eigenvalue weighted by Gasteiger charge is -2.15. The summed E-state index contributed by atoms with van der Waals surface area (Å²) < 4.78 is 16.4. The van der Waals surface area contributed by atoms with Gasteiger partial charge >= 0.3 is 6.03 Å². The third kappa shape index (κ3) is 6.24. The molecule has 2 aromatic carbocycles. The topological polar surface area (TPSA) is 107 Å². The highest BCUT2D eigenvalue weighted by Crippen LogP contribution is 2.43. The molecule has 192 valence electrons. The Morgan fingerprint density at radius 1 is 0.919 bits per heavy atom. The lowest BCUT2D eigenvalue weighted by atomic mass is 10.1. The molecule has 0 bridgehead atoms. The van der Waals surface area contributed by atoms with E-state index in [2.05, 4.69) is 37.7 Å². The summed E-state index contributed by atoms with van der Waals surface area (Å²) in [6.45, 7) is 1.99. The fourth-order valence-corrected chi connectivity index (χ4v) is 4.11. The number of anilines is 1. The SMILES string of the molecule is COc1ccc(-c2cnc3ccc(NC(=O)NC(C)CCCc4ccccc4)nc3n2)c(OC)c1OC. The van der Waals surface area contributed by atoms with Gasteiger partial charge in [-0.2, -0.15) is 0 Å². The minimum absolute atomic E-state index is 0.0214. The van der Waals surface area contributed by atoms with E-state index in [9.17, 15) is 4.79 Å². The van der Waals surface area contributed by atoms with Gasteiger partial charge in [0.2, 0.25) is 5.75 Å². The fraction of sp³-hybridized carbons (Fsp3) is 0.286. The lowest BCUT2D eigenvalue weighted by Crippen LogP contribution is -2.36. The average Bonchev–Trinajstić information content (AvgIpc) is 2.92. The maximum Gasteiger partial charge on any atom is 0.320 e. The Morgan fingerprint density at radius 3 is 2.43 bits per heavy atom. The maximum absolute atomic E-state index is 12.6. The Morgan fingerprint density at radius 2 is 1.70 bits per heavy atom. The van der Waals surface area contributed by atoms with Crippen LogP contribution in [0.4, 0.5) is 10.6 Å². The largest absolute Gasteiger partial charge is 0.493 e. The molecular formula is C28H31N5O4. The van der Waals surface area contributed by atoms with Gasteiger partial charge in [0.05, 0.1) is 33.2 Å². The standard InChI is InChI=1S/C28H31N5O4/c1-18(9-8-12-19-10-6-5-7-11-19)30-28(34)33-24-16-14-21-27(32-24)31-22(17-29-21)20-13-15-23(35-2)26(37-4)25(20)36-3/h5-7,10-11,13-18H,8-9,12H2,1-4H3,(H2,30,31,32,33,34). The Kier molecular flexibility index (Phi) is 8.35. The van der Waals surface area contributed by atoms with Crippen molar-refractivity contribution in [3.63, 3.8) is 0 Å². The van der Waals surface area contributed by atoms with E-state index in [1.165, 1.54) is 5.56 Å². The van der Waals surface area contributed by atoms with Gasteiger partial charge in [0.1, 0.15) is 11.3 Å². The number of carbonyl (C=O) groups excluding carboxylic acids is 1. The Hall–Kier alpha value is -4.40. The average molecular weight is 502 g/mol. The zero-order chi connectivity index (χ0) is 26.2. The number of amides is 2. The second-order valence-electron chi connectivity index (χ2n) is 8.55. The minimum Gasteiger partial charge on any atom is -0.493 e. The summed E-state index contributed by atoms with van der Waals surface area (Å²) in [5.41, 5.74) is 3.51. The molecule has 0 aliphatic heterocycles. The number of hydrogen-bond acceptors (Lipinski definition) is 7. The zero-order valence-electron chi connectivity index (χ0n) is 21.4. The summed E-state index contributed by atoms with van der Waals surface area (Å²) in [5.74, 6) is 1.86. The van der Waals surface area contributed by atoms with Crippen LogP contribution in [0.1, 0.15) is 25.3 Å². The molecule has 0 aliphatic rings. The van der Waals surface area contributed by atoms with Crippen LogP contribution in [0, 0.1) is 0 Å². The third-order valence-electron chi connectivity index (χ3n) is 5.95. The number of fused-ring (bicyclic) bond motifs is 1. The monoisotopic (exact) mass is 501 g/mol. The first-order chi connectivity index (χ1) is 18.0. The van der Waals surface area contributed by atoms with Crippen molar-refractivity contribution in [2.75, 3.05) is 26.6 Å². The Labute approximate surface area is 216 Å². The van der Waals surface area contributed by atoms with Crippen LogP contribution in [0.3, 0.4) is 0 Å². The summed E-state index contributed by atoms with van der Waals surface area (Å²) >= 11 is 0. The van der Waals surface area contributed by atoms with Gasteiger partial charge in [0, 0.05) is 11.6 Å². The number of nitrogens with one attached hydrogen (secondary N) is 2. The van der Waals surface area contributed by atoms with E-state index in [0.29, 0.717) is 45.5 Å². The second kappa shape index (κ2) is 12.0. The molecule has 2 amide bonds. The number of aryl methyl sites for hydroxylation is 1. The molecule has 0 spiro atoms. The summed E-state index contributed by atoms with van der Waals surface area (Å²) in [6.07, 6.45) is 4.48. The maximum atomic E-state index is 12.6. The van der Waals surface area contributed by atoms with Gasteiger partial charge in [-0.3, -0.25) is 10.3 Å². The molecule has 9 nitrogen and oxygen atoms in total. The first kappa shape index (κ1) is 25.7. The fourth-order valence-electron chi connectivity index (χ4n) is 4.11. The normalized spacial score (nSPS) is 11.6. The smallest absolute Gasteiger partial charge is 0.320 e. The highest BCUT2D eigenvalue weighted by molar-refractivity contribution is 5.89. The lowest BCUT2D eigenvalue weighted by molar-refractivity contribution is 0.248. The summed E-state index contributed by atoms with van der Waals surface area (Å²) in [4.78, 5) is 26.2. The number of benzene rings is 2.